The zero-order valence-electron chi connectivity index (χ0n) is 6.99. The van der Waals surface area contributed by atoms with E-state index in [1.807, 2.05) is 11.7 Å². The molecule has 0 atom stereocenters. The fourth-order valence-electron chi connectivity index (χ4n) is 0.989. The minimum atomic E-state index is 0.216. The van der Waals surface area contributed by atoms with Gasteiger partial charge in [0.2, 0.25) is 0 Å². The van der Waals surface area contributed by atoms with Gasteiger partial charge in [-0.25, -0.2) is 0 Å². The van der Waals surface area contributed by atoms with E-state index in [9.17, 15) is 0 Å². The highest BCUT2D eigenvalue weighted by atomic mass is 16.3. The number of aliphatic hydroxyl groups excluding tert-OH is 1. The largest absolute Gasteiger partial charge is 0.381 e. The van der Waals surface area contributed by atoms with Crippen molar-refractivity contribution in [3.63, 3.8) is 0 Å². The predicted octanol–water partition coefficient (Wildman–Crippen LogP) is -1.00. The maximum atomic E-state index is 8.68. The lowest BCUT2D eigenvalue weighted by atomic mass is 10.3. The van der Waals surface area contributed by atoms with Crippen LogP contribution in [-0.4, -0.2) is 61.7 Å². The molecule has 4 nitrogen and oxygen atoms in total. The van der Waals surface area contributed by atoms with Crippen LogP contribution in [0.5, 0.6) is 0 Å². The molecule has 0 aromatic rings. The molecule has 0 aromatic heterocycles. The maximum absolute atomic E-state index is 8.68. The molecule has 0 radical (unpaired) electrons. The number of carbonyl (C=O) groups excluding carboxylic acids is 1. The summed E-state index contributed by atoms with van der Waals surface area (Å²) in [5, 5.41) is 8.68. The topological polar surface area (TPSA) is 43.8 Å². The molecule has 0 bridgehead atoms. The Labute approximate surface area is 67.4 Å². The van der Waals surface area contributed by atoms with Gasteiger partial charge in [0, 0.05) is 26.2 Å². The summed E-state index contributed by atoms with van der Waals surface area (Å²) >= 11 is 0. The Morgan fingerprint density at radius 3 is 2.09 bits per heavy atom. The van der Waals surface area contributed by atoms with Crippen LogP contribution in [-0.2, 0) is 4.79 Å². The van der Waals surface area contributed by atoms with Crippen LogP contribution in [0.15, 0.2) is 0 Å². The van der Waals surface area contributed by atoms with Crippen LogP contribution in [0.3, 0.4) is 0 Å². The second-order valence-electron chi connectivity index (χ2n) is 2.56. The summed E-state index contributed by atoms with van der Waals surface area (Å²) in [7, 11) is 2.11. The van der Waals surface area contributed by atoms with Gasteiger partial charge in [-0.1, -0.05) is 0 Å². The van der Waals surface area contributed by atoms with Crippen molar-refractivity contribution in [2.45, 2.75) is 0 Å². The minimum Gasteiger partial charge on any atom is -0.381 e. The number of carbonyl (C=O) groups is 1. The van der Waals surface area contributed by atoms with Crippen LogP contribution in [0.25, 0.3) is 0 Å². The molecule has 0 amide bonds. The molecule has 1 aliphatic heterocycles. The van der Waals surface area contributed by atoms with Crippen molar-refractivity contribution in [1.29, 1.82) is 0 Å². The highest BCUT2D eigenvalue weighted by Gasteiger charge is 2.11. The van der Waals surface area contributed by atoms with Crippen molar-refractivity contribution in [2.75, 3.05) is 40.0 Å². The van der Waals surface area contributed by atoms with Crippen molar-refractivity contribution in [3.8, 4) is 0 Å². The van der Waals surface area contributed by atoms with Crippen LogP contribution in [0.4, 0.5) is 0 Å². The highest BCUT2D eigenvalue weighted by molar-refractivity contribution is 5.10. The minimum absolute atomic E-state index is 0.216. The van der Waals surface area contributed by atoms with Gasteiger partial charge in [0.25, 0.3) is 0 Å². The van der Waals surface area contributed by atoms with E-state index >= 15 is 0 Å². The van der Waals surface area contributed by atoms with Gasteiger partial charge in [-0.3, -0.25) is 4.90 Å². The SMILES string of the molecule is C=O.CN1CCN(CO)CC1. The Kier molecular flexibility index (Phi) is 6.02. The summed E-state index contributed by atoms with van der Waals surface area (Å²) in [4.78, 5) is 12.3. The molecule has 0 aliphatic carbocycles. The van der Waals surface area contributed by atoms with Crippen LogP contribution in [0, 0.1) is 0 Å². The molecule has 66 valence electrons. The van der Waals surface area contributed by atoms with Gasteiger partial charge in [0.15, 0.2) is 0 Å². The van der Waals surface area contributed by atoms with Crippen molar-refractivity contribution in [3.05, 3.63) is 0 Å². The zero-order valence-corrected chi connectivity index (χ0v) is 6.99. The standard InChI is InChI=1S/C6H14N2O.CH2O/c1-7-2-4-8(6-9)5-3-7;1-2/h9H,2-6H2,1H3;1H2. The van der Waals surface area contributed by atoms with E-state index in [0.717, 1.165) is 26.2 Å². The first-order chi connectivity index (χ1) is 5.33. The molecule has 1 N–H and O–H groups in total. The fourth-order valence-corrected chi connectivity index (χ4v) is 0.989. The van der Waals surface area contributed by atoms with Gasteiger partial charge < -0.3 is 14.8 Å². The molecule has 0 unspecified atom stereocenters. The van der Waals surface area contributed by atoms with Gasteiger partial charge in [0.05, 0.1) is 6.73 Å². The maximum Gasteiger partial charge on any atom is 0.106 e. The van der Waals surface area contributed by atoms with Gasteiger partial charge >= 0.3 is 0 Å². The van der Waals surface area contributed by atoms with Crippen molar-refractivity contribution in [2.24, 2.45) is 0 Å². The van der Waals surface area contributed by atoms with E-state index in [1.165, 1.54) is 0 Å². The number of likely N-dealkylation sites (N-methyl/N-ethyl adjacent to an activating group) is 1. The molecule has 0 aromatic carbocycles. The average Bonchev–Trinajstić information content (AvgIpc) is 2.10. The zero-order chi connectivity index (χ0) is 8.69. The van der Waals surface area contributed by atoms with Gasteiger partial charge in [-0.05, 0) is 7.05 Å². The quantitative estimate of drug-likeness (QED) is 0.534. The summed E-state index contributed by atoms with van der Waals surface area (Å²) < 4.78 is 0. The van der Waals surface area contributed by atoms with Crippen LogP contribution in [0.2, 0.25) is 0 Å². The Morgan fingerprint density at radius 1 is 1.27 bits per heavy atom. The van der Waals surface area contributed by atoms with Crippen LogP contribution < -0.4 is 0 Å². The predicted molar refractivity (Wildman–Crippen MR) is 43.3 cm³/mol. The van der Waals surface area contributed by atoms with E-state index in [1.54, 1.807) is 0 Å². The van der Waals surface area contributed by atoms with E-state index in [0.29, 0.717) is 0 Å². The second kappa shape index (κ2) is 6.27. The van der Waals surface area contributed by atoms with Gasteiger partial charge in [-0.15, -0.1) is 0 Å². The number of aliphatic hydroxyl groups is 1. The molecular weight excluding hydrogens is 144 g/mol. The van der Waals surface area contributed by atoms with Gasteiger partial charge in [-0.2, -0.15) is 0 Å². The van der Waals surface area contributed by atoms with Crippen molar-refractivity contribution in [1.82, 2.24) is 9.80 Å². The normalized spacial score (nSPS) is 20.5. The lowest BCUT2D eigenvalue weighted by molar-refractivity contribution is -0.0979. The van der Waals surface area contributed by atoms with Crippen molar-refractivity contribution >= 4 is 6.79 Å². The van der Waals surface area contributed by atoms with Gasteiger partial charge in [0.1, 0.15) is 6.79 Å². The lowest BCUT2D eigenvalue weighted by Crippen LogP contribution is -2.44. The Bertz CT molecular complexity index is 92.4. The van der Waals surface area contributed by atoms with E-state index in [4.69, 9.17) is 9.90 Å². The fraction of sp³-hybridized carbons (Fsp3) is 0.857. The summed E-state index contributed by atoms with van der Waals surface area (Å²) in [6.07, 6.45) is 0. The highest BCUT2D eigenvalue weighted by Crippen LogP contribution is 1.95. The Balaban J connectivity index is 0.000000461. The van der Waals surface area contributed by atoms with E-state index in [2.05, 4.69) is 11.9 Å². The average molecular weight is 160 g/mol. The Hall–Kier alpha value is -0.450. The molecular formula is C7H16N2O2. The Morgan fingerprint density at radius 2 is 1.73 bits per heavy atom. The number of hydrogen-bond acceptors (Lipinski definition) is 4. The molecule has 1 aliphatic rings. The lowest BCUT2D eigenvalue weighted by Gasteiger charge is -2.30. The number of piperazine rings is 1. The molecule has 1 rings (SSSR count). The molecule has 1 saturated heterocycles. The van der Waals surface area contributed by atoms with Crippen LogP contribution in [0.1, 0.15) is 0 Å². The van der Waals surface area contributed by atoms with Crippen molar-refractivity contribution < 1.29 is 9.90 Å². The van der Waals surface area contributed by atoms with Crippen LogP contribution >= 0.6 is 0 Å². The smallest absolute Gasteiger partial charge is 0.106 e. The summed E-state index contributed by atoms with van der Waals surface area (Å²) in [6.45, 7) is 6.40. The summed E-state index contributed by atoms with van der Waals surface area (Å²) in [6, 6.07) is 0. The molecule has 0 saturated carbocycles. The molecule has 1 fully saturated rings. The number of rotatable bonds is 1. The molecule has 4 heteroatoms. The first-order valence-electron chi connectivity index (χ1n) is 3.63. The molecule has 11 heavy (non-hydrogen) atoms. The summed E-state index contributed by atoms with van der Waals surface area (Å²) in [5.41, 5.74) is 0. The van der Waals surface area contributed by atoms with E-state index in [-0.39, 0.29) is 6.73 Å². The molecule has 0 spiro atoms. The first-order valence-corrected chi connectivity index (χ1v) is 3.63. The third kappa shape index (κ3) is 4.08. The summed E-state index contributed by atoms with van der Waals surface area (Å²) in [5.74, 6) is 0. The molecule has 1 heterocycles. The van der Waals surface area contributed by atoms with E-state index < -0.39 is 0 Å². The first kappa shape index (κ1) is 10.6. The third-order valence-electron chi connectivity index (χ3n) is 1.80. The third-order valence-corrected chi connectivity index (χ3v) is 1.80. The number of nitrogens with zero attached hydrogens (tertiary/aromatic N) is 2. The second-order valence-corrected chi connectivity index (χ2v) is 2.56. The number of hydrogen-bond donors (Lipinski definition) is 1. The monoisotopic (exact) mass is 160 g/mol.